The number of hydrogen-bond donors (Lipinski definition) is 1. The summed E-state index contributed by atoms with van der Waals surface area (Å²) in [5, 5.41) is 9.10. The van der Waals surface area contributed by atoms with E-state index in [1.165, 1.54) is 64.2 Å². The van der Waals surface area contributed by atoms with Crippen LogP contribution < -0.4 is 0 Å². The molecule has 0 spiro atoms. The second-order valence-corrected chi connectivity index (χ2v) is 8.85. The molecule has 0 bridgehead atoms. The van der Waals surface area contributed by atoms with E-state index in [0.717, 1.165) is 19.3 Å². The highest BCUT2D eigenvalue weighted by Gasteiger charge is 2.24. The Kier molecular flexibility index (Phi) is 17.3. The number of esters is 1. The first-order chi connectivity index (χ1) is 13.4. The van der Waals surface area contributed by atoms with Crippen LogP contribution in [0.15, 0.2) is 0 Å². The van der Waals surface area contributed by atoms with Crippen molar-refractivity contribution in [1.29, 1.82) is 0 Å². The van der Waals surface area contributed by atoms with E-state index >= 15 is 0 Å². The number of unbranched alkanes of at least 4 members (excludes halogenated alkanes) is 11. The fourth-order valence-electron chi connectivity index (χ4n) is 3.75. The maximum atomic E-state index is 12.3. The van der Waals surface area contributed by atoms with Gasteiger partial charge in [0.25, 0.3) is 0 Å². The molecular weight excluding hydrogens is 352 g/mol. The van der Waals surface area contributed by atoms with E-state index in [1.807, 2.05) is 6.92 Å². The van der Waals surface area contributed by atoms with Gasteiger partial charge in [-0.2, -0.15) is 0 Å². The van der Waals surface area contributed by atoms with E-state index in [0.29, 0.717) is 12.3 Å². The highest BCUT2D eigenvalue weighted by molar-refractivity contribution is 5.79. The SMILES string of the molecule is CCCCCCCCCCCCCCC(CC(=O)O)C(=O)OC(C)CC(C)C. The summed E-state index contributed by atoms with van der Waals surface area (Å²) in [5.74, 6) is -1.30. The number of carbonyl (C=O) groups excluding carboxylic acids is 1. The smallest absolute Gasteiger partial charge is 0.309 e. The topological polar surface area (TPSA) is 63.6 Å². The van der Waals surface area contributed by atoms with E-state index < -0.39 is 11.9 Å². The predicted molar refractivity (Wildman–Crippen MR) is 116 cm³/mol. The fraction of sp³-hybridized carbons (Fsp3) is 0.917. The molecule has 0 aliphatic rings. The van der Waals surface area contributed by atoms with E-state index in [1.54, 1.807) is 0 Å². The van der Waals surface area contributed by atoms with Crippen molar-refractivity contribution in [3.8, 4) is 0 Å². The van der Waals surface area contributed by atoms with Gasteiger partial charge < -0.3 is 9.84 Å². The summed E-state index contributed by atoms with van der Waals surface area (Å²) in [5.41, 5.74) is 0. The van der Waals surface area contributed by atoms with Crippen LogP contribution >= 0.6 is 0 Å². The molecule has 4 nitrogen and oxygen atoms in total. The molecule has 0 amide bonds. The van der Waals surface area contributed by atoms with Crippen molar-refractivity contribution in [2.75, 3.05) is 0 Å². The zero-order valence-corrected chi connectivity index (χ0v) is 19.0. The molecule has 0 saturated heterocycles. The summed E-state index contributed by atoms with van der Waals surface area (Å²) < 4.78 is 5.48. The Hall–Kier alpha value is -1.06. The molecule has 0 rings (SSSR count). The number of rotatable bonds is 19. The van der Waals surface area contributed by atoms with E-state index in [-0.39, 0.29) is 18.5 Å². The molecule has 0 aliphatic carbocycles. The Bertz CT molecular complexity index is 392. The van der Waals surface area contributed by atoms with Gasteiger partial charge in [0.2, 0.25) is 0 Å². The lowest BCUT2D eigenvalue weighted by Crippen LogP contribution is -2.25. The first-order valence-electron chi connectivity index (χ1n) is 11.8. The van der Waals surface area contributed by atoms with Gasteiger partial charge in [-0.25, -0.2) is 0 Å². The average Bonchev–Trinajstić information content (AvgIpc) is 2.60. The maximum Gasteiger partial charge on any atom is 0.309 e. The lowest BCUT2D eigenvalue weighted by atomic mass is 9.96. The Balaban J connectivity index is 3.86. The van der Waals surface area contributed by atoms with Crippen molar-refractivity contribution >= 4 is 11.9 Å². The second-order valence-electron chi connectivity index (χ2n) is 8.85. The van der Waals surface area contributed by atoms with Crippen LogP contribution in [0.25, 0.3) is 0 Å². The molecular formula is C24H46O4. The molecule has 1 N–H and O–H groups in total. The minimum absolute atomic E-state index is 0.120. The molecule has 0 fully saturated rings. The average molecular weight is 399 g/mol. The molecule has 2 atom stereocenters. The summed E-state index contributed by atoms with van der Waals surface area (Å²) in [6, 6.07) is 0. The normalized spacial score (nSPS) is 13.5. The monoisotopic (exact) mass is 398 g/mol. The molecule has 0 heterocycles. The van der Waals surface area contributed by atoms with Crippen LogP contribution in [0.3, 0.4) is 0 Å². The number of hydrogen-bond acceptors (Lipinski definition) is 3. The largest absolute Gasteiger partial charge is 0.481 e. The van der Waals surface area contributed by atoms with E-state index in [9.17, 15) is 9.59 Å². The van der Waals surface area contributed by atoms with Gasteiger partial charge in [-0.15, -0.1) is 0 Å². The van der Waals surface area contributed by atoms with Crippen LogP contribution in [0, 0.1) is 11.8 Å². The summed E-state index contributed by atoms with van der Waals surface area (Å²) in [6.07, 6.45) is 16.3. The molecule has 0 aromatic rings. The van der Waals surface area contributed by atoms with Crippen molar-refractivity contribution in [3.05, 3.63) is 0 Å². The fourth-order valence-corrected chi connectivity index (χ4v) is 3.75. The number of carboxylic acid groups (broad SMARTS) is 1. The van der Waals surface area contributed by atoms with E-state index in [2.05, 4.69) is 20.8 Å². The van der Waals surface area contributed by atoms with Crippen LogP contribution in [-0.4, -0.2) is 23.1 Å². The first-order valence-corrected chi connectivity index (χ1v) is 11.8. The van der Waals surface area contributed by atoms with Crippen LogP contribution in [-0.2, 0) is 14.3 Å². The third-order valence-corrected chi connectivity index (χ3v) is 5.28. The Morgan fingerprint density at radius 3 is 1.68 bits per heavy atom. The molecule has 0 radical (unpaired) electrons. The van der Waals surface area contributed by atoms with Crippen molar-refractivity contribution in [2.45, 2.75) is 130 Å². The Morgan fingerprint density at radius 2 is 1.25 bits per heavy atom. The molecule has 166 valence electrons. The standard InChI is InChI=1S/C24H46O4/c1-5-6-7-8-9-10-11-12-13-14-15-16-17-22(19-23(25)26)24(27)28-21(4)18-20(2)3/h20-22H,5-19H2,1-4H3,(H,25,26). The third kappa shape index (κ3) is 17.1. The minimum atomic E-state index is -0.919. The van der Waals surface area contributed by atoms with Gasteiger partial charge in [-0.1, -0.05) is 97.8 Å². The minimum Gasteiger partial charge on any atom is -0.481 e. The molecule has 4 heteroatoms. The number of aliphatic carboxylic acids is 1. The molecule has 0 saturated carbocycles. The van der Waals surface area contributed by atoms with Gasteiger partial charge in [-0.05, 0) is 25.7 Å². The van der Waals surface area contributed by atoms with Gasteiger partial charge in [0.05, 0.1) is 18.4 Å². The molecule has 2 unspecified atom stereocenters. The van der Waals surface area contributed by atoms with Crippen molar-refractivity contribution in [2.24, 2.45) is 11.8 Å². The third-order valence-electron chi connectivity index (χ3n) is 5.28. The van der Waals surface area contributed by atoms with Gasteiger partial charge in [0, 0.05) is 0 Å². The molecule has 28 heavy (non-hydrogen) atoms. The van der Waals surface area contributed by atoms with Crippen molar-refractivity contribution in [1.82, 2.24) is 0 Å². The van der Waals surface area contributed by atoms with E-state index in [4.69, 9.17) is 9.84 Å². The highest BCUT2D eigenvalue weighted by Crippen LogP contribution is 2.19. The number of carbonyl (C=O) groups is 2. The summed E-state index contributed by atoms with van der Waals surface area (Å²) in [7, 11) is 0. The predicted octanol–water partition coefficient (Wildman–Crippen LogP) is 7.15. The quantitative estimate of drug-likeness (QED) is 0.185. The summed E-state index contributed by atoms with van der Waals surface area (Å²) >= 11 is 0. The van der Waals surface area contributed by atoms with Crippen LogP contribution in [0.1, 0.15) is 124 Å². The zero-order valence-electron chi connectivity index (χ0n) is 19.0. The highest BCUT2D eigenvalue weighted by atomic mass is 16.5. The Morgan fingerprint density at radius 1 is 0.786 bits per heavy atom. The van der Waals surface area contributed by atoms with Crippen molar-refractivity contribution in [3.63, 3.8) is 0 Å². The second kappa shape index (κ2) is 18.0. The van der Waals surface area contributed by atoms with Crippen molar-refractivity contribution < 1.29 is 19.4 Å². The molecule has 0 aromatic heterocycles. The first kappa shape index (κ1) is 26.9. The molecule has 0 aliphatic heterocycles. The van der Waals surface area contributed by atoms with Gasteiger partial charge in [0.1, 0.15) is 0 Å². The number of ether oxygens (including phenoxy) is 1. The lowest BCUT2D eigenvalue weighted by Gasteiger charge is -2.19. The van der Waals surface area contributed by atoms with Crippen LogP contribution in [0.4, 0.5) is 0 Å². The van der Waals surface area contributed by atoms with Gasteiger partial charge >= 0.3 is 11.9 Å². The van der Waals surface area contributed by atoms with Gasteiger partial charge in [0.15, 0.2) is 0 Å². The zero-order chi connectivity index (χ0) is 21.2. The Labute approximate surface area is 173 Å². The lowest BCUT2D eigenvalue weighted by molar-refractivity contribution is -0.157. The van der Waals surface area contributed by atoms with Gasteiger partial charge in [-0.3, -0.25) is 9.59 Å². The maximum absolute atomic E-state index is 12.3. The van der Waals surface area contributed by atoms with Crippen LogP contribution in [0.2, 0.25) is 0 Å². The van der Waals surface area contributed by atoms with Crippen LogP contribution in [0.5, 0.6) is 0 Å². The number of carboxylic acids is 1. The summed E-state index contributed by atoms with van der Waals surface area (Å²) in [6.45, 7) is 8.32. The molecule has 0 aromatic carbocycles. The summed E-state index contributed by atoms with van der Waals surface area (Å²) in [4.78, 5) is 23.4.